The van der Waals surface area contributed by atoms with Crippen LogP contribution in [0.3, 0.4) is 0 Å². The van der Waals surface area contributed by atoms with Gasteiger partial charge in [-0.1, -0.05) is 24.3 Å². The number of aromatic amines is 1. The lowest BCUT2D eigenvalue weighted by Gasteiger charge is -2.01. The Labute approximate surface area is 86.8 Å². The number of imidazole rings is 1. The van der Waals surface area contributed by atoms with Crippen molar-refractivity contribution in [2.24, 2.45) is 0 Å². The van der Waals surface area contributed by atoms with Crippen molar-refractivity contribution in [2.75, 3.05) is 0 Å². The van der Waals surface area contributed by atoms with Crippen LogP contribution in [0.1, 0.15) is 0 Å². The van der Waals surface area contributed by atoms with E-state index < -0.39 is 0 Å². The first-order valence-corrected chi connectivity index (χ1v) is 4.77. The maximum absolute atomic E-state index is 4.24. The summed E-state index contributed by atoms with van der Waals surface area (Å²) in [5.74, 6) is 0. The van der Waals surface area contributed by atoms with Crippen LogP contribution in [0.5, 0.6) is 0 Å². The van der Waals surface area contributed by atoms with Crippen LogP contribution in [-0.4, -0.2) is 15.0 Å². The Morgan fingerprint density at radius 2 is 2.00 bits per heavy atom. The van der Waals surface area contributed by atoms with Crippen molar-refractivity contribution >= 4 is 10.8 Å². The zero-order chi connectivity index (χ0) is 10.1. The first-order chi connectivity index (χ1) is 7.45. The van der Waals surface area contributed by atoms with Crippen molar-refractivity contribution in [3.8, 4) is 11.3 Å². The van der Waals surface area contributed by atoms with Crippen molar-refractivity contribution in [1.82, 2.24) is 15.0 Å². The lowest BCUT2D eigenvalue weighted by molar-refractivity contribution is 1.31. The quantitative estimate of drug-likeness (QED) is 0.648. The Hall–Kier alpha value is -2.16. The van der Waals surface area contributed by atoms with E-state index in [1.165, 1.54) is 5.39 Å². The van der Waals surface area contributed by atoms with Gasteiger partial charge in [-0.25, -0.2) is 4.98 Å². The minimum atomic E-state index is 0.930. The molecule has 0 aliphatic heterocycles. The Morgan fingerprint density at radius 1 is 1.07 bits per heavy atom. The van der Waals surface area contributed by atoms with Crippen LogP contribution >= 0.6 is 0 Å². The molecule has 0 bridgehead atoms. The predicted molar refractivity (Wildman–Crippen MR) is 59.3 cm³/mol. The van der Waals surface area contributed by atoms with E-state index in [-0.39, 0.29) is 0 Å². The molecule has 3 nitrogen and oxygen atoms in total. The van der Waals surface area contributed by atoms with Crippen LogP contribution in [0.15, 0.2) is 49.2 Å². The fourth-order valence-corrected chi connectivity index (χ4v) is 1.73. The van der Waals surface area contributed by atoms with Crippen LogP contribution < -0.4 is 0 Å². The number of pyridine rings is 1. The molecule has 15 heavy (non-hydrogen) atoms. The predicted octanol–water partition coefficient (Wildman–Crippen LogP) is 2.62. The van der Waals surface area contributed by atoms with Gasteiger partial charge in [0.25, 0.3) is 0 Å². The molecule has 1 aromatic carbocycles. The topological polar surface area (TPSA) is 41.6 Å². The van der Waals surface area contributed by atoms with Gasteiger partial charge in [-0.3, -0.25) is 4.98 Å². The fourth-order valence-electron chi connectivity index (χ4n) is 1.73. The van der Waals surface area contributed by atoms with Crippen LogP contribution in [0.25, 0.3) is 22.0 Å². The first-order valence-electron chi connectivity index (χ1n) is 4.77. The van der Waals surface area contributed by atoms with Gasteiger partial charge in [0.2, 0.25) is 0 Å². The highest BCUT2D eigenvalue weighted by Gasteiger charge is 2.04. The molecule has 72 valence electrons. The lowest BCUT2D eigenvalue weighted by Crippen LogP contribution is -1.83. The van der Waals surface area contributed by atoms with Gasteiger partial charge in [0.05, 0.1) is 12.0 Å². The molecular weight excluding hydrogens is 186 g/mol. The second kappa shape index (κ2) is 3.20. The zero-order valence-electron chi connectivity index (χ0n) is 8.01. The van der Waals surface area contributed by atoms with E-state index in [9.17, 15) is 0 Å². The molecule has 0 saturated carbocycles. The third-order valence-corrected chi connectivity index (χ3v) is 2.44. The molecule has 0 atom stereocenters. The van der Waals surface area contributed by atoms with E-state index in [4.69, 9.17) is 0 Å². The van der Waals surface area contributed by atoms with Crippen molar-refractivity contribution in [3.05, 3.63) is 49.2 Å². The van der Waals surface area contributed by atoms with Gasteiger partial charge in [0.1, 0.15) is 0 Å². The Morgan fingerprint density at radius 3 is 2.87 bits per heavy atom. The number of nitrogens with zero attached hydrogens (tertiary/aromatic N) is 2. The summed E-state index contributed by atoms with van der Waals surface area (Å²) < 4.78 is 0. The minimum absolute atomic E-state index is 0.930. The van der Waals surface area contributed by atoms with Gasteiger partial charge >= 0.3 is 0 Å². The number of aromatic nitrogens is 3. The van der Waals surface area contributed by atoms with E-state index in [0.717, 1.165) is 16.6 Å². The normalized spacial score (nSPS) is 10.7. The Bertz CT molecular complexity index is 579. The summed E-state index contributed by atoms with van der Waals surface area (Å²) in [7, 11) is 0. The maximum atomic E-state index is 4.24. The number of hydrogen-bond donors (Lipinski definition) is 1. The second-order valence-corrected chi connectivity index (χ2v) is 3.36. The van der Waals surface area contributed by atoms with Crippen molar-refractivity contribution < 1.29 is 0 Å². The molecule has 3 aromatic rings. The van der Waals surface area contributed by atoms with Crippen molar-refractivity contribution in [2.45, 2.75) is 0 Å². The molecule has 0 unspecified atom stereocenters. The average Bonchev–Trinajstić information content (AvgIpc) is 2.82. The number of H-pyrrole nitrogens is 1. The number of nitrogens with one attached hydrogen (secondary N) is 1. The standard InChI is InChI=1S/C12H9N3/c1-2-4-10-9(3-1)5-13-6-11(10)12-7-14-8-15-12/h1-8H,(H,14,15). The molecule has 0 aliphatic rings. The summed E-state index contributed by atoms with van der Waals surface area (Å²) in [5, 5.41) is 2.32. The smallest absolute Gasteiger partial charge is 0.0927 e. The van der Waals surface area contributed by atoms with E-state index >= 15 is 0 Å². The van der Waals surface area contributed by atoms with Crippen LogP contribution in [0.2, 0.25) is 0 Å². The molecule has 3 rings (SSSR count). The van der Waals surface area contributed by atoms with Crippen molar-refractivity contribution in [1.29, 1.82) is 0 Å². The van der Waals surface area contributed by atoms with E-state index in [0.29, 0.717) is 0 Å². The summed E-state index contributed by atoms with van der Waals surface area (Å²) in [6.07, 6.45) is 7.27. The van der Waals surface area contributed by atoms with E-state index in [1.807, 2.05) is 30.7 Å². The van der Waals surface area contributed by atoms with Gasteiger partial charge in [-0.2, -0.15) is 0 Å². The molecule has 3 heteroatoms. The maximum Gasteiger partial charge on any atom is 0.0927 e. The van der Waals surface area contributed by atoms with Gasteiger partial charge in [-0.05, 0) is 5.39 Å². The SMILES string of the molecule is c1ccc2c(-c3c[nH]cn3)cncc2c1. The fraction of sp³-hybridized carbons (Fsp3) is 0. The molecular formula is C12H9N3. The molecule has 0 spiro atoms. The number of hydrogen-bond acceptors (Lipinski definition) is 2. The molecule has 1 N–H and O–H groups in total. The highest BCUT2D eigenvalue weighted by Crippen LogP contribution is 2.25. The Balaban J connectivity index is 2.36. The second-order valence-electron chi connectivity index (χ2n) is 3.36. The molecule has 2 aromatic heterocycles. The highest BCUT2D eigenvalue weighted by molar-refractivity contribution is 5.94. The molecule has 0 amide bonds. The summed E-state index contributed by atoms with van der Waals surface area (Å²) in [5.41, 5.74) is 1.99. The molecule has 0 saturated heterocycles. The number of benzene rings is 1. The third-order valence-electron chi connectivity index (χ3n) is 2.44. The third kappa shape index (κ3) is 1.29. The lowest BCUT2D eigenvalue weighted by atomic mass is 10.1. The first kappa shape index (κ1) is 8.17. The molecule has 0 radical (unpaired) electrons. The zero-order valence-corrected chi connectivity index (χ0v) is 8.01. The average molecular weight is 195 g/mol. The number of rotatable bonds is 1. The summed E-state index contributed by atoms with van der Waals surface area (Å²) in [6, 6.07) is 8.18. The minimum Gasteiger partial charge on any atom is -0.351 e. The van der Waals surface area contributed by atoms with E-state index in [2.05, 4.69) is 27.1 Å². The van der Waals surface area contributed by atoms with E-state index in [1.54, 1.807) is 6.33 Å². The van der Waals surface area contributed by atoms with Crippen LogP contribution in [0, 0.1) is 0 Å². The van der Waals surface area contributed by atoms with Gasteiger partial charge in [0, 0.05) is 29.5 Å². The largest absolute Gasteiger partial charge is 0.351 e. The summed E-state index contributed by atoms with van der Waals surface area (Å²) in [6.45, 7) is 0. The summed E-state index contributed by atoms with van der Waals surface area (Å²) >= 11 is 0. The Kier molecular flexibility index (Phi) is 1.75. The molecule has 0 aliphatic carbocycles. The summed E-state index contributed by atoms with van der Waals surface area (Å²) in [4.78, 5) is 11.4. The highest BCUT2D eigenvalue weighted by atomic mass is 14.9. The molecule has 0 fully saturated rings. The van der Waals surface area contributed by atoms with Gasteiger partial charge in [-0.15, -0.1) is 0 Å². The van der Waals surface area contributed by atoms with Gasteiger partial charge < -0.3 is 4.98 Å². The van der Waals surface area contributed by atoms with Gasteiger partial charge in [0.15, 0.2) is 0 Å². The number of fused-ring (bicyclic) bond motifs is 1. The van der Waals surface area contributed by atoms with Crippen LogP contribution in [0.4, 0.5) is 0 Å². The van der Waals surface area contributed by atoms with Crippen molar-refractivity contribution in [3.63, 3.8) is 0 Å². The molecule has 2 heterocycles. The monoisotopic (exact) mass is 195 g/mol. The van der Waals surface area contributed by atoms with Crippen LogP contribution in [-0.2, 0) is 0 Å².